The van der Waals surface area contributed by atoms with Crippen LogP contribution < -0.4 is 5.32 Å². The van der Waals surface area contributed by atoms with Gasteiger partial charge in [0.25, 0.3) is 0 Å². The number of aromatic nitrogens is 1. The molecule has 1 aliphatic heterocycles. The monoisotopic (exact) mass is 203 g/mol. The van der Waals surface area contributed by atoms with E-state index in [1.54, 1.807) is 0 Å². The highest BCUT2D eigenvalue weighted by Gasteiger charge is 2.12. The summed E-state index contributed by atoms with van der Waals surface area (Å²) < 4.78 is 0. The Morgan fingerprint density at radius 2 is 2.40 bits per heavy atom. The van der Waals surface area contributed by atoms with Crippen LogP contribution in [-0.2, 0) is 0 Å². The predicted octanol–water partition coefficient (Wildman–Crippen LogP) is 2.49. The fourth-order valence-corrected chi connectivity index (χ4v) is 1.78. The maximum Gasteiger partial charge on any atom is 0.135 e. The summed E-state index contributed by atoms with van der Waals surface area (Å²) in [4.78, 5) is 8.88. The number of aliphatic imine (C=N–C) groups is 1. The zero-order valence-electron chi connectivity index (χ0n) is 9.16. The molecule has 1 aliphatic rings. The first-order valence-electron chi connectivity index (χ1n) is 5.64. The Morgan fingerprint density at radius 1 is 1.47 bits per heavy atom. The summed E-state index contributed by atoms with van der Waals surface area (Å²) in [6.45, 7) is 4.09. The lowest BCUT2D eigenvalue weighted by atomic mass is 10.1. The van der Waals surface area contributed by atoms with Crippen molar-refractivity contribution in [2.24, 2.45) is 4.99 Å². The minimum Gasteiger partial charge on any atom is -0.370 e. The average molecular weight is 203 g/mol. The Balaban J connectivity index is 2.21. The van der Waals surface area contributed by atoms with E-state index in [2.05, 4.69) is 28.3 Å². The van der Waals surface area contributed by atoms with Crippen LogP contribution in [0.4, 0.5) is 5.82 Å². The first kappa shape index (κ1) is 10.1. The number of hydrogen-bond donors (Lipinski definition) is 1. The van der Waals surface area contributed by atoms with Gasteiger partial charge < -0.3 is 5.32 Å². The van der Waals surface area contributed by atoms with E-state index in [0.717, 1.165) is 31.7 Å². The maximum absolute atomic E-state index is 4.51. The van der Waals surface area contributed by atoms with Crippen molar-refractivity contribution in [2.45, 2.75) is 26.2 Å². The van der Waals surface area contributed by atoms with Crippen molar-refractivity contribution in [3.63, 3.8) is 0 Å². The number of anilines is 1. The van der Waals surface area contributed by atoms with Crippen LogP contribution in [0.5, 0.6) is 0 Å². The van der Waals surface area contributed by atoms with Crippen molar-refractivity contribution in [1.82, 2.24) is 4.98 Å². The molecular formula is C12H17N3. The Morgan fingerprint density at radius 3 is 3.13 bits per heavy atom. The van der Waals surface area contributed by atoms with E-state index in [1.807, 2.05) is 12.3 Å². The van der Waals surface area contributed by atoms with Crippen molar-refractivity contribution in [3.8, 4) is 0 Å². The molecule has 3 heteroatoms. The lowest BCUT2D eigenvalue weighted by Crippen LogP contribution is -2.08. The van der Waals surface area contributed by atoms with Gasteiger partial charge in [0.05, 0.1) is 0 Å². The summed E-state index contributed by atoms with van der Waals surface area (Å²) in [5.41, 5.74) is 2.39. The molecule has 0 saturated carbocycles. The lowest BCUT2D eigenvalue weighted by molar-refractivity contribution is 0.950. The van der Waals surface area contributed by atoms with Gasteiger partial charge in [0.15, 0.2) is 0 Å². The van der Waals surface area contributed by atoms with Crippen LogP contribution in [-0.4, -0.2) is 23.8 Å². The molecule has 2 rings (SSSR count). The molecule has 0 bridgehead atoms. The third-order valence-electron chi connectivity index (χ3n) is 2.54. The summed E-state index contributed by atoms with van der Waals surface area (Å²) in [6.07, 6.45) is 5.21. The molecule has 2 heterocycles. The number of nitrogens with one attached hydrogen (secondary N) is 1. The molecule has 0 aromatic carbocycles. The molecule has 0 radical (unpaired) electrons. The van der Waals surface area contributed by atoms with Crippen LogP contribution in [0.3, 0.4) is 0 Å². The van der Waals surface area contributed by atoms with Gasteiger partial charge in [-0.25, -0.2) is 4.98 Å². The highest BCUT2D eigenvalue weighted by Crippen LogP contribution is 2.18. The third-order valence-corrected chi connectivity index (χ3v) is 2.54. The van der Waals surface area contributed by atoms with Crippen LogP contribution in [0.1, 0.15) is 31.7 Å². The van der Waals surface area contributed by atoms with E-state index in [9.17, 15) is 0 Å². The summed E-state index contributed by atoms with van der Waals surface area (Å²) in [6, 6.07) is 4.09. The van der Waals surface area contributed by atoms with Crippen LogP contribution in [0.15, 0.2) is 23.3 Å². The number of pyridine rings is 1. The minimum absolute atomic E-state index is 0.970. The SMILES string of the molecule is CCCNc1ncccc1C1=NCCC1. The molecule has 1 aromatic rings. The third kappa shape index (κ3) is 2.35. The molecule has 0 unspecified atom stereocenters. The molecule has 0 amide bonds. The average Bonchev–Trinajstić information content (AvgIpc) is 2.80. The summed E-state index contributed by atoms with van der Waals surface area (Å²) in [5, 5.41) is 3.35. The normalized spacial score (nSPS) is 15.1. The van der Waals surface area contributed by atoms with E-state index >= 15 is 0 Å². The van der Waals surface area contributed by atoms with Crippen LogP contribution >= 0.6 is 0 Å². The lowest BCUT2D eigenvalue weighted by Gasteiger charge is -2.09. The van der Waals surface area contributed by atoms with Crippen molar-refractivity contribution in [3.05, 3.63) is 23.9 Å². The second-order valence-electron chi connectivity index (χ2n) is 3.76. The topological polar surface area (TPSA) is 37.3 Å². The smallest absolute Gasteiger partial charge is 0.135 e. The number of hydrogen-bond acceptors (Lipinski definition) is 3. The first-order chi connectivity index (χ1) is 7.42. The van der Waals surface area contributed by atoms with Crippen molar-refractivity contribution < 1.29 is 0 Å². The molecule has 3 nitrogen and oxygen atoms in total. The second-order valence-corrected chi connectivity index (χ2v) is 3.76. The molecule has 0 aliphatic carbocycles. The quantitative estimate of drug-likeness (QED) is 0.816. The van der Waals surface area contributed by atoms with Crippen molar-refractivity contribution in [1.29, 1.82) is 0 Å². The zero-order valence-corrected chi connectivity index (χ0v) is 9.16. The summed E-state index contributed by atoms with van der Waals surface area (Å²) in [5.74, 6) is 0.986. The van der Waals surface area contributed by atoms with Gasteiger partial charge in [-0.2, -0.15) is 0 Å². The van der Waals surface area contributed by atoms with E-state index in [4.69, 9.17) is 0 Å². The Labute approximate surface area is 90.6 Å². The minimum atomic E-state index is 0.970. The van der Waals surface area contributed by atoms with E-state index < -0.39 is 0 Å². The molecule has 0 atom stereocenters. The largest absolute Gasteiger partial charge is 0.370 e. The van der Waals surface area contributed by atoms with Gasteiger partial charge in [0.2, 0.25) is 0 Å². The van der Waals surface area contributed by atoms with Gasteiger partial charge in [-0.1, -0.05) is 6.92 Å². The number of nitrogens with zero attached hydrogens (tertiary/aromatic N) is 2. The van der Waals surface area contributed by atoms with Gasteiger partial charge in [-0.3, -0.25) is 4.99 Å². The summed E-state index contributed by atoms with van der Waals surface area (Å²) in [7, 11) is 0. The van der Waals surface area contributed by atoms with Gasteiger partial charge in [0, 0.05) is 30.6 Å². The molecule has 0 saturated heterocycles. The fraction of sp³-hybridized carbons (Fsp3) is 0.500. The van der Waals surface area contributed by atoms with Gasteiger partial charge in [-0.05, 0) is 31.4 Å². The van der Waals surface area contributed by atoms with E-state index in [-0.39, 0.29) is 0 Å². The van der Waals surface area contributed by atoms with Crippen LogP contribution in [0, 0.1) is 0 Å². The Bertz CT molecular complexity index is 358. The molecule has 80 valence electrons. The van der Waals surface area contributed by atoms with Gasteiger partial charge in [0.1, 0.15) is 5.82 Å². The molecular weight excluding hydrogens is 186 g/mol. The summed E-state index contributed by atoms with van der Waals surface area (Å²) >= 11 is 0. The Hall–Kier alpha value is -1.38. The highest BCUT2D eigenvalue weighted by molar-refractivity contribution is 6.05. The standard InChI is InChI=1S/C12H17N3/c1-2-7-14-12-10(5-3-9-15-12)11-6-4-8-13-11/h3,5,9H,2,4,6-8H2,1H3,(H,14,15). The van der Waals surface area contributed by atoms with Crippen LogP contribution in [0.25, 0.3) is 0 Å². The van der Waals surface area contributed by atoms with E-state index in [0.29, 0.717) is 0 Å². The molecule has 0 spiro atoms. The van der Waals surface area contributed by atoms with E-state index in [1.165, 1.54) is 17.7 Å². The van der Waals surface area contributed by atoms with Crippen LogP contribution in [0.2, 0.25) is 0 Å². The first-order valence-corrected chi connectivity index (χ1v) is 5.64. The molecule has 0 fully saturated rings. The molecule has 1 N–H and O–H groups in total. The predicted molar refractivity (Wildman–Crippen MR) is 63.7 cm³/mol. The molecule has 1 aromatic heterocycles. The Kier molecular flexibility index (Phi) is 3.33. The van der Waals surface area contributed by atoms with Gasteiger partial charge in [-0.15, -0.1) is 0 Å². The van der Waals surface area contributed by atoms with Gasteiger partial charge >= 0.3 is 0 Å². The van der Waals surface area contributed by atoms with Crippen molar-refractivity contribution in [2.75, 3.05) is 18.4 Å². The maximum atomic E-state index is 4.51. The number of rotatable bonds is 4. The fourth-order valence-electron chi connectivity index (χ4n) is 1.78. The van der Waals surface area contributed by atoms with Crippen molar-refractivity contribution >= 4 is 11.5 Å². The zero-order chi connectivity index (χ0) is 10.5. The second kappa shape index (κ2) is 4.91. The highest BCUT2D eigenvalue weighted by atomic mass is 15.0. The molecule has 15 heavy (non-hydrogen) atoms.